The lowest BCUT2D eigenvalue weighted by atomic mass is 10.0. The van der Waals surface area contributed by atoms with Gasteiger partial charge in [-0.2, -0.15) is 0 Å². The van der Waals surface area contributed by atoms with Crippen LogP contribution in [-0.4, -0.2) is 47.8 Å². The van der Waals surface area contributed by atoms with Crippen molar-refractivity contribution in [1.82, 2.24) is 5.32 Å². The highest BCUT2D eigenvalue weighted by Gasteiger charge is 2.27. The van der Waals surface area contributed by atoms with E-state index in [9.17, 15) is 19.4 Å². The highest BCUT2D eigenvalue weighted by Crippen LogP contribution is 2.43. The van der Waals surface area contributed by atoms with Crippen molar-refractivity contribution in [1.29, 1.82) is 0 Å². The van der Waals surface area contributed by atoms with Crippen molar-refractivity contribution in [3.05, 3.63) is 0 Å². The zero-order valence-corrected chi connectivity index (χ0v) is 38.3. The highest BCUT2D eigenvalue weighted by molar-refractivity contribution is 7.47. The van der Waals surface area contributed by atoms with Gasteiger partial charge in [0.15, 0.2) is 0 Å². The Hall–Kier alpha value is -0.500. The van der Waals surface area contributed by atoms with Gasteiger partial charge in [0.2, 0.25) is 5.91 Å². The van der Waals surface area contributed by atoms with Gasteiger partial charge in [-0.3, -0.25) is 13.8 Å². The van der Waals surface area contributed by atoms with Gasteiger partial charge in [0.05, 0.1) is 25.4 Å². The van der Waals surface area contributed by atoms with E-state index in [2.05, 4.69) is 19.2 Å². The van der Waals surface area contributed by atoms with Gasteiger partial charge in [-0.25, -0.2) is 4.57 Å². The predicted octanol–water partition coefficient (Wildman–Crippen LogP) is 14.2. The third kappa shape index (κ3) is 41.7. The third-order valence-corrected chi connectivity index (χ3v) is 12.4. The van der Waals surface area contributed by atoms with E-state index >= 15 is 0 Å². The number of rotatable bonds is 47. The van der Waals surface area contributed by atoms with Crippen LogP contribution in [0.2, 0.25) is 0 Å². The van der Waals surface area contributed by atoms with E-state index in [-0.39, 0.29) is 25.7 Å². The second-order valence-corrected chi connectivity index (χ2v) is 18.5. The summed E-state index contributed by atoms with van der Waals surface area (Å²) in [5.41, 5.74) is 5.39. The maximum Gasteiger partial charge on any atom is 0.472 e. The van der Waals surface area contributed by atoms with E-state index in [4.69, 9.17) is 14.8 Å². The average Bonchev–Trinajstić information content (AvgIpc) is 3.19. The van der Waals surface area contributed by atoms with Crippen LogP contribution in [-0.2, 0) is 18.4 Å². The van der Waals surface area contributed by atoms with E-state index < -0.39 is 20.0 Å². The van der Waals surface area contributed by atoms with Gasteiger partial charge in [-0.05, 0) is 12.8 Å². The molecule has 0 aliphatic carbocycles. The fraction of sp³-hybridized carbons (Fsp3) is 0.979. The Morgan fingerprint density at radius 2 is 0.821 bits per heavy atom. The van der Waals surface area contributed by atoms with E-state index in [0.717, 1.165) is 38.5 Å². The molecule has 0 aromatic heterocycles. The number of aliphatic hydroxyl groups excluding tert-OH is 1. The number of phosphoric ester groups is 1. The summed E-state index contributed by atoms with van der Waals surface area (Å²) in [5, 5.41) is 13.8. The molecule has 3 unspecified atom stereocenters. The topological polar surface area (TPSA) is 131 Å². The van der Waals surface area contributed by atoms with Crippen molar-refractivity contribution in [2.75, 3.05) is 19.8 Å². The molecule has 3 atom stereocenters. The molecular formula is C47H97N2O6P. The number of carbonyl (C=O) groups excluding carboxylic acids is 1. The molecular weight excluding hydrogens is 719 g/mol. The number of hydrogen-bond donors (Lipinski definition) is 4. The summed E-state index contributed by atoms with van der Waals surface area (Å²) >= 11 is 0. The van der Waals surface area contributed by atoms with Gasteiger partial charge in [0, 0.05) is 13.0 Å². The second kappa shape index (κ2) is 44.1. The second-order valence-electron chi connectivity index (χ2n) is 17.0. The van der Waals surface area contributed by atoms with Crippen LogP contribution in [0.4, 0.5) is 0 Å². The Morgan fingerprint density at radius 3 is 1.14 bits per heavy atom. The molecule has 0 aromatic carbocycles. The molecule has 0 rings (SSSR count). The number of amides is 1. The molecule has 0 radical (unpaired) electrons. The summed E-state index contributed by atoms with van der Waals surface area (Å²) in [5.74, 6) is -0.155. The lowest BCUT2D eigenvalue weighted by Gasteiger charge is -2.25. The quantitative estimate of drug-likeness (QED) is 0.0355. The number of hydrogen-bond acceptors (Lipinski definition) is 6. The third-order valence-electron chi connectivity index (χ3n) is 11.5. The predicted molar refractivity (Wildman–Crippen MR) is 240 cm³/mol. The molecule has 0 aliphatic rings. The zero-order chi connectivity index (χ0) is 41.1. The summed E-state index contributed by atoms with van der Waals surface area (Å²) in [6, 6.07) is -0.768. The summed E-state index contributed by atoms with van der Waals surface area (Å²) in [7, 11) is -4.31. The number of carbonyl (C=O) groups is 1. The van der Waals surface area contributed by atoms with Gasteiger partial charge in [0.1, 0.15) is 0 Å². The van der Waals surface area contributed by atoms with Gasteiger partial charge < -0.3 is 21.1 Å². The molecule has 0 aliphatic heterocycles. The molecule has 0 spiro atoms. The first kappa shape index (κ1) is 55.5. The minimum absolute atomic E-state index is 0.0927. The smallest absolute Gasteiger partial charge is 0.391 e. The Labute approximate surface area is 348 Å². The monoisotopic (exact) mass is 817 g/mol. The molecule has 336 valence electrons. The molecule has 0 saturated heterocycles. The summed E-state index contributed by atoms with van der Waals surface area (Å²) in [6.45, 7) is 4.25. The highest BCUT2D eigenvalue weighted by atomic mass is 31.2. The first-order valence-electron chi connectivity index (χ1n) is 24.7. The molecule has 5 N–H and O–H groups in total. The molecule has 0 fully saturated rings. The standard InChI is InChI=1S/C47H97N2O6P/c1-3-5-7-9-11-13-15-17-19-20-21-22-23-24-25-27-29-31-33-35-37-39-41-47(51)49-45(44-55-56(52,53)54-43-42-48)46(50)40-38-36-34-32-30-28-26-18-16-14-12-10-8-6-4-2/h45-46,50H,3-44,48H2,1-2H3,(H,49,51)(H,52,53). The van der Waals surface area contributed by atoms with E-state index in [1.807, 2.05) is 0 Å². The van der Waals surface area contributed by atoms with Crippen LogP contribution >= 0.6 is 7.82 Å². The lowest BCUT2D eigenvalue weighted by molar-refractivity contribution is -0.123. The van der Waals surface area contributed by atoms with Crippen molar-refractivity contribution in [2.24, 2.45) is 5.73 Å². The molecule has 0 bridgehead atoms. The SMILES string of the molecule is CCCCCCCCCCCCCCCCCCCCCCCCC(=O)NC(COP(=O)(O)OCCN)C(O)CCCCCCCCCCCCCCCCC. The molecule has 0 aromatic rings. The van der Waals surface area contributed by atoms with Crippen molar-refractivity contribution >= 4 is 13.7 Å². The molecule has 8 nitrogen and oxygen atoms in total. The van der Waals surface area contributed by atoms with Gasteiger partial charge in [0.25, 0.3) is 0 Å². The van der Waals surface area contributed by atoms with E-state index in [1.165, 1.54) is 199 Å². The zero-order valence-electron chi connectivity index (χ0n) is 37.4. The van der Waals surface area contributed by atoms with Crippen LogP contribution in [0.1, 0.15) is 264 Å². The first-order valence-corrected chi connectivity index (χ1v) is 26.1. The Balaban J connectivity index is 4.00. The number of nitrogens with two attached hydrogens (primary N) is 1. The van der Waals surface area contributed by atoms with Crippen molar-refractivity contribution < 1.29 is 28.4 Å². The van der Waals surface area contributed by atoms with E-state index in [0.29, 0.717) is 12.8 Å². The fourth-order valence-corrected chi connectivity index (χ4v) is 8.49. The number of unbranched alkanes of at least 4 members (excludes halogenated alkanes) is 35. The number of phosphoric acid groups is 1. The van der Waals surface area contributed by atoms with Crippen LogP contribution in [0.25, 0.3) is 0 Å². The number of nitrogens with one attached hydrogen (secondary N) is 1. The van der Waals surface area contributed by atoms with Gasteiger partial charge in [-0.15, -0.1) is 0 Å². The van der Waals surface area contributed by atoms with Crippen LogP contribution in [0.5, 0.6) is 0 Å². The Morgan fingerprint density at radius 1 is 0.518 bits per heavy atom. The molecule has 9 heteroatoms. The van der Waals surface area contributed by atoms with Crippen LogP contribution in [0.3, 0.4) is 0 Å². The average molecular weight is 817 g/mol. The summed E-state index contributed by atoms with van der Waals surface area (Å²) < 4.78 is 22.2. The molecule has 56 heavy (non-hydrogen) atoms. The Bertz CT molecular complexity index is 849. The minimum Gasteiger partial charge on any atom is -0.391 e. The summed E-state index contributed by atoms with van der Waals surface area (Å²) in [6.07, 6.45) is 48.3. The minimum atomic E-state index is -4.31. The molecule has 0 heterocycles. The van der Waals surface area contributed by atoms with Crippen molar-refractivity contribution in [3.8, 4) is 0 Å². The molecule has 1 amide bonds. The summed E-state index contributed by atoms with van der Waals surface area (Å²) in [4.78, 5) is 22.8. The van der Waals surface area contributed by atoms with Crippen LogP contribution < -0.4 is 11.1 Å². The van der Waals surface area contributed by atoms with Gasteiger partial charge in [-0.1, -0.05) is 245 Å². The maximum atomic E-state index is 12.8. The maximum absolute atomic E-state index is 12.8. The van der Waals surface area contributed by atoms with Crippen LogP contribution in [0, 0.1) is 0 Å². The van der Waals surface area contributed by atoms with Crippen molar-refractivity contribution in [3.63, 3.8) is 0 Å². The normalized spacial score (nSPS) is 13.9. The largest absolute Gasteiger partial charge is 0.472 e. The fourth-order valence-electron chi connectivity index (χ4n) is 7.73. The first-order chi connectivity index (χ1) is 27.4. The Kier molecular flexibility index (Phi) is 43.7. The van der Waals surface area contributed by atoms with Crippen LogP contribution in [0.15, 0.2) is 0 Å². The molecule has 0 saturated carbocycles. The number of aliphatic hydroxyl groups is 1. The van der Waals surface area contributed by atoms with E-state index in [1.54, 1.807) is 0 Å². The van der Waals surface area contributed by atoms with Gasteiger partial charge >= 0.3 is 7.82 Å². The van der Waals surface area contributed by atoms with Crippen molar-refractivity contribution in [2.45, 2.75) is 276 Å². The lowest BCUT2D eigenvalue weighted by Crippen LogP contribution is -2.46.